The van der Waals surface area contributed by atoms with Crippen LogP contribution in [0.1, 0.15) is 45.8 Å². The van der Waals surface area contributed by atoms with Crippen molar-refractivity contribution in [2.75, 3.05) is 13.6 Å². The molecule has 1 atom stereocenters. The molecular formula is C28H30ClN3O3S. The summed E-state index contributed by atoms with van der Waals surface area (Å²) in [4.78, 5) is 30.2. The van der Waals surface area contributed by atoms with Gasteiger partial charge in [0.1, 0.15) is 10.4 Å². The number of amides is 1. The summed E-state index contributed by atoms with van der Waals surface area (Å²) in [6.45, 7) is 4.14. The maximum Gasteiger partial charge on any atom is 0.257 e. The zero-order valence-electron chi connectivity index (χ0n) is 20.4. The minimum absolute atomic E-state index is 0.141. The number of halogens is 1. The molecule has 0 bridgehead atoms. The first-order chi connectivity index (χ1) is 17.4. The van der Waals surface area contributed by atoms with Gasteiger partial charge in [0.15, 0.2) is 0 Å². The lowest BCUT2D eigenvalue weighted by Gasteiger charge is -2.20. The molecule has 6 nitrogen and oxygen atoms in total. The van der Waals surface area contributed by atoms with Gasteiger partial charge in [-0.2, -0.15) is 0 Å². The molecule has 4 aromatic rings. The average molecular weight is 524 g/mol. The molecule has 188 valence electrons. The Morgan fingerprint density at radius 1 is 1.17 bits per heavy atom. The second-order valence-electron chi connectivity index (χ2n) is 8.93. The molecule has 2 heterocycles. The summed E-state index contributed by atoms with van der Waals surface area (Å²) in [5.41, 5.74) is 1.65. The number of thiophene rings is 1. The van der Waals surface area contributed by atoms with Crippen molar-refractivity contribution >= 4 is 39.1 Å². The van der Waals surface area contributed by atoms with Crippen LogP contribution >= 0.6 is 22.9 Å². The summed E-state index contributed by atoms with van der Waals surface area (Å²) in [6.07, 6.45) is 1.95. The van der Waals surface area contributed by atoms with Crippen LogP contribution < -0.4 is 10.7 Å². The van der Waals surface area contributed by atoms with Crippen LogP contribution in [0.2, 0.25) is 5.02 Å². The molecule has 36 heavy (non-hydrogen) atoms. The number of fused-ring (bicyclic) bond motifs is 1. The molecule has 0 unspecified atom stereocenters. The first-order valence-corrected chi connectivity index (χ1v) is 13.1. The molecule has 0 spiro atoms. The Balaban J connectivity index is 1.54. The molecule has 8 heteroatoms. The van der Waals surface area contributed by atoms with Crippen molar-refractivity contribution in [2.24, 2.45) is 0 Å². The summed E-state index contributed by atoms with van der Waals surface area (Å²) in [6, 6.07) is 18.7. The Labute approximate surface area is 219 Å². The molecule has 2 N–H and O–H groups in total. The van der Waals surface area contributed by atoms with E-state index in [1.54, 1.807) is 29.7 Å². The zero-order valence-corrected chi connectivity index (χ0v) is 22.0. The fourth-order valence-corrected chi connectivity index (χ4v) is 5.52. The van der Waals surface area contributed by atoms with Gasteiger partial charge in [0.2, 0.25) is 5.43 Å². The smallest absolute Gasteiger partial charge is 0.257 e. The molecule has 0 aliphatic rings. The van der Waals surface area contributed by atoms with E-state index in [4.69, 9.17) is 11.6 Å². The highest BCUT2D eigenvalue weighted by atomic mass is 35.5. The van der Waals surface area contributed by atoms with Crippen molar-refractivity contribution in [3.63, 3.8) is 0 Å². The fraction of sp³-hybridized carbons (Fsp3) is 0.286. The van der Waals surface area contributed by atoms with Gasteiger partial charge in [0.05, 0.1) is 11.5 Å². The lowest BCUT2D eigenvalue weighted by Crippen LogP contribution is -2.29. The predicted octanol–water partition coefficient (Wildman–Crippen LogP) is 5.22. The second kappa shape index (κ2) is 11.8. The minimum Gasteiger partial charge on any atom is -0.387 e. The van der Waals surface area contributed by atoms with E-state index in [-0.39, 0.29) is 11.0 Å². The van der Waals surface area contributed by atoms with Crippen LogP contribution in [0.4, 0.5) is 0 Å². The Bertz CT molecular complexity index is 1380. The van der Waals surface area contributed by atoms with E-state index in [1.807, 2.05) is 65.0 Å². The van der Waals surface area contributed by atoms with Crippen molar-refractivity contribution < 1.29 is 9.90 Å². The SMILES string of the molecule is CCCn1cc(C(=O)NCc2ccc(Cl)cc2)c(=O)c2cc(CN(C)C[C@H](O)c3ccccc3)sc21. The van der Waals surface area contributed by atoms with Crippen LogP contribution in [-0.2, 0) is 19.6 Å². The highest BCUT2D eigenvalue weighted by molar-refractivity contribution is 7.18. The second-order valence-corrected chi connectivity index (χ2v) is 10.5. The van der Waals surface area contributed by atoms with Crippen molar-refractivity contribution in [2.45, 2.75) is 39.1 Å². The van der Waals surface area contributed by atoms with E-state index in [0.717, 1.165) is 27.3 Å². The van der Waals surface area contributed by atoms with Crippen molar-refractivity contribution in [1.82, 2.24) is 14.8 Å². The highest BCUT2D eigenvalue weighted by Crippen LogP contribution is 2.26. The maximum absolute atomic E-state index is 13.3. The number of rotatable bonds is 10. The van der Waals surface area contributed by atoms with Crippen LogP contribution in [0.15, 0.2) is 71.7 Å². The van der Waals surface area contributed by atoms with Gasteiger partial charge >= 0.3 is 0 Å². The summed E-state index contributed by atoms with van der Waals surface area (Å²) >= 11 is 7.49. The van der Waals surface area contributed by atoms with Crippen LogP contribution in [0.3, 0.4) is 0 Å². The lowest BCUT2D eigenvalue weighted by atomic mass is 10.1. The first kappa shape index (κ1) is 26.1. The molecular weight excluding hydrogens is 494 g/mol. The monoisotopic (exact) mass is 523 g/mol. The van der Waals surface area contributed by atoms with Crippen LogP contribution in [-0.4, -0.2) is 34.1 Å². The lowest BCUT2D eigenvalue weighted by molar-refractivity contribution is 0.0949. The number of benzene rings is 2. The molecule has 0 fully saturated rings. The standard InChI is InChI=1S/C28H30ClN3O3S/c1-3-13-32-17-24(27(35)30-15-19-9-11-21(29)12-10-19)26(34)23-14-22(36-28(23)32)16-31(2)18-25(33)20-7-5-4-6-8-20/h4-12,14,17,25,33H,3,13,15-16,18H2,1-2H3,(H,30,35)/t25-/m0/s1. The van der Waals surface area contributed by atoms with Crippen molar-refractivity contribution in [3.8, 4) is 0 Å². The van der Waals surface area contributed by atoms with Crippen LogP contribution in [0.25, 0.3) is 10.2 Å². The number of nitrogens with one attached hydrogen (secondary N) is 1. The number of carbonyl (C=O) groups is 1. The number of aromatic nitrogens is 1. The molecule has 0 saturated heterocycles. The molecule has 1 amide bonds. The number of aryl methyl sites for hydroxylation is 1. The summed E-state index contributed by atoms with van der Waals surface area (Å²) in [5.74, 6) is -0.391. The third-order valence-electron chi connectivity index (χ3n) is 5.97. The minimum atomic E-state index is -0.596. The molecule has 0 saturated carbocycles. The van der Waals surface area contributed by atoms with E-state index in [9.17, 15) is 14.7 Å². The van der Waals surface area contributed by atoms with Gasteiger partial charge in [-0.15, -0.1) is 11.3 Å². The van der Waals surface area contributed by atoms with Crippen molar-refractivity contribution in [3.05, 3.63) is 104 Å². The topological polar surface area (TPSA) is 74.6 Å². The van der Waals surface area contributed by atoms with E-state index in [2.05, 4.69) is 12.2 Å². The zero-order chi connectivity index (χ0) is 25.7. The number of pyridine rings is 1. The van der Waals surface area contributed by atoms with Gasteiger partial charge in [-0.25, -0.2) is 0 Å². The van der Waals surface area contributed by atoms with Gasteiger partial charge in [0, 0.05) is 42.3 Å². The van der Waals surface area contributed by atoms with Gasteiger partial charge in [0.25, 0.3) is 5.91 Å². The predicted molar refractivity (Wildman–Crippen MR) is 147 cm³/mol. The number of hydrogen-bond donors (Lipinski definition) is 2. The fourth-order valence-electron chi connectivity index (χ4n) is 4.16. The normalized spacial score (nSPS) is 12.2. The van der Waals surface area contributed by atoms with Gasteiger partial charge < -0.3 is 15.0 Å². The summed E-state index contributed by atoms with van der Waals surface area (Å²) in [7, 11) is 1.95. The van der Waals surface area contributed by atoms with E-state index < -0.39 is 12.0 Å². The molecule has 2 aromatic heterocycles. The van der Waals surface area contributed by atoms with E-state index in [1.165, 1.54) is 0 Å². The Morgan fingerprint density at radius 3 is 2.58 bits per heavy atom. The summed E-state index contributed by atoms with van der Waals surface area (Å²) in [5, 5.41) is 14.6. The third kappa shape index (κ3) is 6.23. The highest BCUT2D eigenvalue weighted by Gasteiger charge is 2.19. The van der Waals surface area contributed by atoms with Gasteiger partial charge in [-0.3, -0.25) is 14.5 Å². The molecule has 0 aliphatic carbocycles. The van der Waals surface area contributed by atoms with Gasteiger partial charge in [-0.1, -0.05) is 61.0 Å². The molecule has 0 aliphatic heterocycles. The molecule has 0 radical (unpaired) electrons. The number of aliphatic hydroxyl groups is 1. The van der Waals surface area contributed by atoms with Crippen LogP contribution in [0, 0.1) is 0 Å². The maximum atomic E-state index is 13.3. The molecule has 4 rings (SSSR count). The average Bonchev–Trinajstić information content (AvgIpc) is 3.30. The number of aliphatic hydroxyl groups excluding tert-OH is 1. The van der Waals surface area contributed by atoms with Gasteiger partial charge in [-0.05, 0) is 42.8 Å². The third-order valence-corrected chi connectivity index (χ3v) is 7.38. The number of hydrogen-bond acceptors (Lipinski definition) is 5. The number of carbonyl (C=O) groups excluding carboxylic acids is 1. The number of likely N-dealkylation sites (N-methyl/N-ethyl adjacent to an activating group) is 1. The Morgan fingerprint density at radius 2 is 1.89 bits per heavy atom. The van der Waals surface area contributed by atoms with E-state index >= 15 is 0 Å². The van der Waals surface area contributed by atoms with E-state index in [0.29, 0.717) is 36.6 Å². The number of nitrogens with zero attached hydrogens (tertiary/aromatic N) is 2. The Kier molecular flexibility index (Phi) is 8.59. The summed E-state index contributed by atoms with van der Waals surface area (Å²) < 4.78 is 2.00. The Hall–Kier alpha value is -2.97. The quantitative estimate of drug-likeness (QED) is 0.299. The molecule has 2 aromatic carbocycles. The van der Waals surface area contributed by atoms with Crippen molar-refractivity contribution in [1.29, 1.82) is 0 Å². The largest absolute Gasteiger partial charge is 0.387 e. The van der Waals surface area contributed by atoms with Crippen LogP contribution in [0.5, 0.6) is 0 Å². The first-order valence-electron chi connectivity index (χ1n) is 12.0.